The fourth-order valence-corrected chi connectivity index (χ4v) is 3.56. The van der Waals surface area contributed by atoms with Gasteiger partial charge in [0.15, 0.2) is 0 Å². The van der Waals surface area contributed by atoms with Crippen molar-refractivity contribution >= 4 is 16.7 Å². The van der Waals surface area contributed by atoms with Crippen LogP contribution in [0.5, 0.6) is 0 Å². The molecule has 1 unspecified atom stereocenters. The van der Waals surface area contributed by atoms with Crippen molar-refractivity contribution in [2.45, 2.75) is 25.5 Å². The average Bonchev–Trinajstić information content (AvgIpc) is 2.64. The van der Waals surface area contributed by atoms with Gasteiger partial charge in [0.1, 0.15) is 17.7 Å². The quantitative estimate of drug-likeness (QED) is 0.919. The lowest BCUT2D eigenvalue weighted by molar-refractivity contribution is 0.0507. The van der Waals surface area contributed by atoms with Crippen LogP contribution in [0.3, 0.4) is 0 Å². The van der Waals surface area contributed by atoms with Crippen molar-refractivity contribution in [1.29, 1.82) is 0 Å². The van der Waals surface area contributed by atoms with Gasteiger partial charge in [-0.2, -0.15) is 0 Å². The second-order valence-electron chi connectivity index (χ2n) is 6.83. The zero-order valence-corrected chi connectivity index (χ0v) is 14.5. The number of nitrogens with zero attached hydrogens (tertiary/aromatic N) is 4. The molecule has 0 spiro atoms. The topological polar surface area (TPSA) is 67.5 Å². The molecule has 0 aliphatic carbocycles. The van der Waals surface area contributed by atoms with Gasteiger partial charge in [0.05, 0.1) is 18.3 Å². The van der Waals surface area contributed by atoms with Gasteiger partial charge in [-0.05, 0) is 31.1 Å². The Labute approximate surface area is 148 Å². The number of hydrogen-bond donors (Lipinski definition) is 1. The minimum absolute atomic E-state index is 0.347. The minimum atomic E-state index is 0.347. The molecule has 2 aromatic rings. The summed E-state index contributed by atoms with van der Waals surface area (Å²) in [6, 6.07) is 7.91. The van der Waals surface area contributed by atoms with Gasteiger partial charge in [-0.1, -0.05) is 12.1 Å². The second kappa shape index (κ2) is 7.37. The van der Waals surface area contributed by atoms with Gasteiger partial charge in [-0.25, -0.2) is 9.97 Å². The molecule has 25 heavy (non-hydrogen) atoms. The van der Waals surface area contributed by atoms with E-state index in [1.165, 1.54) is 0 Å². The van der Waals surface area contributed by atoms with Crippen molar-refractivity contribution < 1.29 is 4.74 Å². The zero-order chi connectivity index (χ0) is 17.1. The van der Waals surface area contributed by atoms with Crippen LogP contribution in [0.15, 0.2) is 36.6 Å². The fraction of sp³-hybridized carbons (Fsp3) is 0.474. The molecule has 0 amide bonds. The normalized spacial score (nSPS) is 22.2. The summed E-state index contributed by atoms with van der Waals surface area (Å²) >= 11 is 0. The molecule has 0 saturated carbocycles. The highest BCUT2D eigenvalue weighted by molar-refractivity contribution is 5.87. The summed E-state index contributed by atoms with van der Waals surface area (Å²) in [6.07, 6.45) is 6.56. The average molecular weight is 339 g/mol. The number of piperazine rings is 1. The Morgan fingerprint density at radius 1 is 1.08 bits per heavy atom. The largest absolute Gasteiger partial charge is 0.497 e. The summed E-state index contributed by atoms with van der Waals surface area (Å²) in [5.41, 5.74) is 7.01. The molecular weight excluding hydrogens is 314 g/mol. The van der Waals surface area contributed by atoms with Crippen LogP contribution in [-0.4, -0.2) is 58.6 Å². The predicted molar refractivity (Wildman–Crippen MR) is 98.9 cm³/mol. The molecule has 1 fully saturated rings. The van der Waals surface area contributed by atoms with Crippen molar-refractivity contribution in [3.8, 4) is 0 Å². The number of nitrogens with two attached hydrogens (primary N) is 1. The predicted octanol–water partition coefficient (Wildman–Crippen LogP) is 2.02. The minimum Gasteiger partial charge on any atom is -0.497 e. The number of benzene rings is 1. The second-order valence-corrected chi connectivity index (χ2v) is 6.83. The maximum absolute atomic E-state index is 6.09. The molecule has 132 valence electrons. The van der Waals surface area contributed by atoms with Crippen LogP contribution in [0.2, 0.25) is 0 Å². The van der Waals surface area contributed by atoms with E-state index in [-0.39, 0.29) is 0 Å². The first-order valence-corrected chi connectivity index (χ1v) is 9.04. The summed E-state index contributed by atoms with van der Waals surface area (Å²) < 4.78 is 5.69. The number of anilines is 1. The van der Waals surface area contributed by atoms with Crippen LogP contribution in [0.4, 0.5) is 5.82 Å². The van der Waals surface area contributed by atoms with E-state index < -0.39 is 0 Å². The third-order valence-electron chi connectivity index (χ3n) is 4.99. The fourth-order valence-electron chi connectivity index (χ4n) is 3.56. The lowest BCUT2D eigenvalue weighted by Crippen LogP contribution is -2.48. The molecular formula is C19H25N5O. The molecule has 6 heteroatoms. The van der Waals surface area contributed by atoms with Crippen molar-refractivity contribution in [2.24, 2.45) is 0 Å². The van der Waals surface area contributed by atoms with E-state index in [2.05, 4.69) is 25.8 Å². The van der Waals surface area contributed by atoms with Crippen LogP contribution in [0.1, 0.15) is 18.7 Å². The Kier molecular flexibility index (Phi) is 4.81. The van der Waals surface area contributed by atoms with Crippen molar-refractivity contribution in [3.05, 3.63) is 42.4 Å². The Bertz CT molecular complexity index is 755. The maximum Gasteiger partial charge on any atom is 0.145 e. The molecule has 4 rings (SSSR count). The van der Waals surface area contributed by atoms with Crippen LogP contribution < -0.4 is 5.73 Å². The molecule has 1 aromatic heterocycles. The first-order chi connectivity index (χ1) is 12.3. The molecule has 2 aliphatic rings. The summed E-state index contributed by atoms with van der Waals surface area (Å²) in [6.45, 7) is 5.96. The van der Waals surface area contributed by atoms with Crippen LogP contribution in [-0.2, 0) is 11.3 Å². The zero-order valence-electron chi connectivity index (χ0n) is 14.5. The molecule has 0 bridgehead atoms. The molecule has 1 saturated heterocycles. The van der Waals surface area contributed by atoms with Crippen molar-refractivity contribution in [1.82, 2.24) is 19.8 Å². The number of hydrogen-bond acceptors (Lipinski definition) is 6. The van der Waals surface area contributed by atoms with E-state index in [4.69, 9.17) is 10.5 Å². The van der Waals surface area contributed by atoms with E-state index in [0.717, 1.165) is 68.8 Å². The van der Waals surface area contributed by atoms with Gasteiger partial charge in [-0.15, -0.1) is 0 Å². The molecule has 6 nitrogen and oxygen atoms in total. The SMILES string of the molecule is Nc1nc(CN2CCN(CC3CCC=CO3)CC2)nc2ccccc12. The van der Waals surface area contributed by atoms with Gasteiger partial charge in [0, 0.05) is 38.1 Å². The van der Waals surface area contributed by atoms with Crippen LogP contribution in [0, 0.1) is 0 Å². The number of nitrogen functional groups attached to an aromatic ring is 1. The van der Waals surface area contributed by atoms with Crippen molar-refractivity contribution in [2.75, 3.05) is 38.5 Å². The number of aromatic nitrogens is 2. The van der Waals surface area contributed by atoms with Gasteiger partial charge in [0.25, 0.3) is 0 Å². The number of para-hydroxylation sites is 1. The Balaban J connectivity index is 1.33. The first kappa shape index (κ1) is 16.3. The molecule has 1 aromatic carbocycles. The van der Waals surface area contributed by atoms with E-state index in [0.29, 0.717) is 11.9 Å². The number of ether oxygens (including phenoxy) is 1. The van der Waals surface area contributed by atoms with E-state index in [9.17, 15) is 0 Å². The highest BCUT2D eigenvalue weighted by Gasteiger charge is 2.22. The monoisotopic (exact) mass is 339 g/mol. The van der Waals surface area contributed by atoms with Crippen LogP contribution >= 0.6 is 0 Å². The van der Waals surface area contributed by atoms with Gasteiger partial charge in [-0.3, -0.25) is 9.80 Å². The van der Waals surface area contributed by atoms with Crippen LogP contribution in [0.25, 0.3) is 10.9 Å². The number of fused-ring (bicyclic) bond motifs is 1. The first-order valence-electron chi connectivity index (χ1n) is 9.04. The van der Waals surface area contributed by atoms with E-state index >= 15 is 0 Å². The molecule has 2 aliphatic heterocycles. The molecule has 2 N–H and O–H groups in total. The highest BCUT2D eigenvalue weighted by atomic mass is 16.5. The third-order valence-corrected chi connectivity index (χ3v) is 4.99. The Morgan fingerprint density at radius 2 is 1.88 bits per heavy atom. The van der Waals surface area contributed by atoms with Gasteiger partial charge in [0.2, 0.25) is 0 Å². The lowest BCUT2D eigenvalue weighted by Gasteiger charge is -2.36. The maximum atomic E-state index is 6.09. The van der Waals surface area contributed by atoms with E-state index in [1.54, 1.807) is 0 Å². The third kappa shape index (κ3) is 3.91. The Hall–Kier alpha value is -2.18. The molecule has 3 heterocycles. The van der Waals surface area contributed by atoms with Gasteiger partial charge >= 0.3 is 0 Å². The number of rotatable bonds is 4. The highest BCUT2D eigenvalue weighted by Crippen LogP contribution is 2.18. The van der Waals surface area contributed by atoms with Gasteiger partial charge < -0.3 is 10.5 Å². The summed E-state index contributed by atoms with van der Waals surface area (Å²) in [5.74, 6) is 1.38. The smallest absolute Gasteiger partial charge is 0.145 e. The summed E-state index contributed by atoms with van der Waals surface area (Å²) in [7, 11) is 0. The lowest BCUT2D eigenvalue weighted by atomic mass is 10.1. The standard InChI is InChI=1S/C19H25N5O/c20-19-16-6-1-2-7-17(16)21-18(22-19)14-24-10-8-23(9-11-24)13-15-5-3-4-12-25-15/h1-2,4,6-7,12,15H,3,5,8-11,13-14H2,(H2,20,21,22). The summed E-state index contributed by atoms with van der Waals surface area (Å²) in [5, 5.41) is 0.928. The number of allylic oxidation sites excluding steroid dienone is 1. The van der Waals surface area contributed by atoms with E-state index in [1.807, 2.05) is 30.5 Å². The molecule has 1 atom stereocenters. The molecule has 0 radical (unpaired) electrons. The Morgan fingerprint density at radius 3 is 2.68 bits per heavy atom. The summed E-state index contributed by atoms with van der Waals surface area (Å²) in [4.78, 5) is 14.1. The van der Waals surface area contributed by atoms with Crippen molar-refractivity contribution in [3.63, 3.8) is 0 Å².